The molecule has 4 aromatic rings. The first-order valence-electron chi connectivity index (χ1n) is 9.19. The molecule has 0 saturated heterocycles. The van der Waals surface area contributed by atoms with E-state index in [-0.39, 0.29) is 12.2 Å². The molecule has 7 heteroatoms. The van der Waals surface area contributed by atoms with E-state index in [1.807, 2.05) is 54.6 Å². The molecular formula is C23H18N2O4S. The van der Waals surface area contributed by atoms with Crippen LogP contribution in [0.25, 0.3) is 16.6 Å². The second-order valence-electron chi connectivity index (χ2n) is 6.38. The summed E-state index contributed by atoms with van der Waals surface area (Å²) in [4.78, 5) is 30.0. The number of carbonyl (C=O) groups excluding carboxylic acids is 1. The lowest BCUT2D eigenvalue weighted by atomic mass is 10.0. The lowest BCUT2D eigenvalue weighted by Gasteiger charge is -2.10. The third kappa shape index (κ3) is 4.16. The molecule has 0 aliphatic rings. The van der Waals surface area contributed by atoms with Crippen LogP contribution in [0.15, 0.2) is 77.0 Å². The van der Waals surface area contributed by atoms with Crippen molar-refractivity contribution < 1.29 is 14.3 Å². The van der Waals surface area contributed by atoms with Crippen molar-refractivity contribution in [3.63, 3.8) is 0 Å². The van der Waals surface area contributed by atoms with Gasteiger partial charge in [0.15, 0.2) is 4.96 Å². The fourth-order valence-corrected chi connectivity index (χ4v) is 3.74. The predicted molar refractivity (Wildman–Crippen MR) is 116 cm³/mol. The number of hydrogen-bond acceptors (Lipinski definition) is 6. The highest BCUT2D eigenvalue weighted by atomic mass is 32.1. The van der Waals surface area contributed by atoms with Crippen LogP contribution in [-0.4, -0.2) is 22.5 Å². The number of ether oxygens (including phenoxy) is 2. The Hall–Kier alpha value is -3.71. The van der Waals surface area contributed by atoms with E-state index in [1.54, 1.807) is 24.8 Å². The van der Waals surface area contributed by atoms with E-state index >= 15 is 0 Å². The number of fused-ring (bicyclic) bond motifs is 1. The lowest BCUT2D eigenvalue weighted by Crippen LogP contribution is -2.15. The monoisotopic (exact) mass is 418 g/mol. The van der Waals surface area contributed by atoms with Gasteiger partial charge >= 0.3 is 5.97 Å². The van der Waals surface area contributed by atoms with Crippen LogP contribution in [0.4, 0.5) is 0 Å². The topological polar surface area (TPSA) is 69.9 Å². The molecule has 0 unspecified atom stereocenters. The van der Waals surface area contributed by atoms with E-state index in [2.05, 4.69) is 4.98 Å². The number of carbonyl (C=O) groups is 1. The summed E-state index contributed by atoms with van der Waals surface area (Å²) in [6.07, 6.45) is 3.40. The summed E-state index contributed by atoms with van der Waals surface area (Å²) in [5, 5.41) is 1.78. The van der Waals surface area contributed by atoms with Crippen molar-refractivity contribution in [3.05, 3.63) is 99.4 Å². The van der Waals surface area contributed by atoms with Crippen LogP contribution < -0.4 is 10.3 Å². The maximum atomic E-state index is 13.0. The molecule has 0 aliphatic carbocycles. The first-order valence-corrected chi connectivity index (χ1v) is 10.1. The Morgan fingerprint density at radius 1 is 1.13 bits per heavy atom. The fourth-order valence-electron chi connectivity index (χ4n) is 3.00. The van der Waals surface area contributed by atoms with Gasteiger partial charge in [0, 0.05) is 23.2 Å². The van der Waals surface area contributed by atoms with Gasteiger partial charge in [-0.1, -0.05) is 48.5 Å². The summed E-state index contributed by atoms with van der Waals surface area (Å²) < 4.78 is 12.4. The molecule has 0 radical (unpaired) electrons. The molecule has 6 nitrogen and oxygen atoms in total. The summed E-state index contributed by atoms with van der Waals surface area (Å²) >= 11 is 1.35. The molecule has 0 saturated carbocycles. The van der Waals surface area contributed by atoms with E-state index in [4.69, 9.17) is 9.47 Å². The van der Waals surface area contributed by atoms with Crippen LogP contribution in [0.5, 0.6) is 5.75 Å². The van der Waals surface area contributed by atoms with Gasteiger partial charge in [-0.3, -0.25) is 9.20 Å². The molecule has 4 rings (SSSR count). The molecule has 0 bridgehead atoms. The maximum Gasteiger partial charge on any atom is 0.339 e. The van der Waals surface area contributed by atoms with Crippen molar-refractivity contribution in [1.29, 1.82) is 0 Å². The van der Waals surface area contributed by atoms with E-state index in [0.717, 1.165) is 11.1 Å². The maximum absolute atomic E-state index is 13.0. The van der Waals surface area contributed by atoms with Crippen molar-refractivity contribution in [2.75, 3.05) is 7.11 Å². The molecular weight excluding hydrogens is 400 g/mol. The number of rotatable bonds is 6. The number of esters is 1. The molecule has 2 aromatic carbocycles. The molecule has 0 spiro atoms. The zero-order valence-electron chi connectivity index (χ0n) is 16.1. The molecule has 30 heavy (non-hydrogen) atoms. The molecule has 0 fully saturated rings. The van der Waals surface area contributed by atoms with Gasteiger partial charge in [-0.15, -0.1) is 11.3 Å². The highest BCUT2D eigenvalue weighted by Crippen LogP contribution is 2.25. The van der Waals surface area contributed by atoms with Crippen molar-refractivity contribution in [2.24, 2.45) is 0 Å². The van der Waals surface area contributed by atoms with Crippen LogP contribution >= 0.6 is 11.3 Å². The van der Waals surface area contributed by atoms with Gasteiger partial charge in [0.2, 0.25) is 0 Å². The minimum Gasteiger partial charge on any atom is -0.496 e. The second-order valence-corrected chi connectivity index (χ2v) is 7.26. The van der Waals surface area contributed by atoms with Crippen molar-refractivity contribution in [3.8, 4) is 5.75 Å². The highest BCUT2D eigenvalue weighted by Gasteiger charge is 2.16. The Bertz CT molecular complexity index is 1280. The zero-order valence-corrected chi connectivity index (χ0v) is 17.0. The SMILES string of the molecule is COc1ccccc1C=C(C(=O)OCc1cc(=O)n2ccsc2n1)c1ccccc1. The average Bonchev–Trinajstić information content (AvgIpc) is 3.26. The van der Waals surface area contributed by atoms with Crippen LogP contribution in [0.3, 0.4) is 0 Å². The molecule has 0 N–H and O–H groups in total. The third-order valence-corrected chi connectivity index (χ3v) is 5.21. The van der Waals surface area contributed by atoms with E-state index in [1.165, 1.54) is 21.8 Å². The van der Waals surface area contributed by atoms with Gasteiger partial charge in [-0.05, 0) is 17.7 Å². The number of hydrogen-bond donors (Lipinski definition) is 0. The van der Waals surface area contributed by atoms with Crippen LogP contribution in [0.1, 0.15) is 16.8 Å². The van der Waals surface area contributed by atoms with Crippen molar-refractivity contribution in [2.45, 2.75) is 6.61 Å². The minimum absolute atomic E-state index is 0.0986. The van der Waals surface area contributed by atoms with E-state index in [0.29, 0.717) is 22.0 Å². The van der Waals surface area contributed by atoms with Gasteiger partial charge in [0.25, 0.3) is 5.56 Å². The molecule has 0 atom stereocenters. The molecule has 2 heterocycles. The zero-order chi connectivity index (χ0) is 20.9. The third-order valence-electron chi connectivity index (χ3n) is 4.45. The Kier molecular flexibility index (Phi) is 5.72. The molecule has 2 aromatic heterocycles. The van der Waals surface area contributed by atoms with Crippen molar-refractivity contribution in [1.82, 2.24) is 9.38 Å². The normalized spacial score (nSPS) is 11.4. The van der Waals surface area contributed by atoms with Gasteiger partial charge in [-0.2, -0.15) is 0 Å². The van der Waals surface area contributed by atoms with E-state index in [9.17, 15) is 9.59 Å². The van der Waals surface area contributed by atoms with Crippen LogP contribution in [0.2, 0.25) is 0 Å². The lowest BCUT2D eigenvalue weighted by molar-refractivity contribution is -0.137. The Balaban J connectivity index is 1.64. The minimum atomic E-state index is -0.514. The number of para-hydroxylation sites is 1. The number of benzene rings is 2. The standard InChI is InChI=1S/C23H18N2O4S/c1-28-20-10-6-5-9-17(20)13-19(16-7-3-2-4-8-16)22(27)29-15-18-14-21(26)25-11-12-30-23(25)24-18/h2-14H,15H2,1H3. The number of thiazole rings is 1. The molecule has 0 aliphatic heterocycles. The highest BCUT2D eigenvalue weighted by molar-refractivity contribution is 7.15. The summed E-state index contributed by atoms with van der Waals surface area (Å²) in [5.41, 5.74) is 2.05. The Morgan fingerprint density at radius 3 is 2.70 bits per heavy atom. The summed E-state index contributed by atoms with van der Waals surface area (Å²) in [7, 11) is 1.58. The van der Waals surface area contributed by atoms with Crippen LogP contribution in [-0.2, 0) is 16.1 Å². The van der Waals surface area contributed by atoms with Crippen LogP contribution in [0, 0.1) is 0 Å². The fraction of sp³-hybridized carbons (Fsp3) is 0.0870. The smallest absolute Gasteiger partial charge is 0.339 e. The van der Waals surface area contributed by atoms with Crippen molar-refractivity contribution >= 4 is 33.9 Å². The van der Waals surface area contributed by atoms with Gasteiger partial charge in [-0.25, -0.2) is 9.78 Å². The van der Waals surface area contributed by atoms with Gasteiger partial charge in [0.05, 0.1) is 18.4 Å². The second kappa shape index (κ2) is 8.75. The van der Waals surface area contributed by atoms with E-state index < -0.39 is 5.97 Å². The summed E-state index contributed by atoms with van der Waals surface area (Å²) in [5.74, 6) is 0.136. The largest absolute Gasteiger partial charge is 0.496 e. The summed E-state index contributed by atoms with van der Waals surface area (Å²) in [6.45, 7) is -0.0986. The average molecular weight is 418 g/mol. The quantitative estimate of drug-likeness (QED) is 0.268. The molecule has 0 amide bonds. The number of aromatic nitrogens is 2. The predicted octanol–water partition coefficient (Wildman–Crippen LogP) is 4.05. The molecule has 150 valence electrons. The van der Waals surface area contributed by atoms with Gasteiger partial charge in [0.1, 0.15) is 12.4 Å². The Morgan fingerprint density at radius 2 is 1.90 bits per heavy atom. The number of methoxy groups -OCH3 is 1. The summed E-state index contributed by atoms with van der Waals surface area (Å²) in [6, 6.07) is 18.1. The first kappa shape index (κ1) is 19.6. The Labute approximate surface area is 176 Å². The first-order chi connectivity index (χ1) is 14.7. The van der Waals surface area contributed by atoms with Gasteiger partial charge < -0.3 is 9.47 Å². The number of nitrogens with zero attached hydrogens (tertiary/aromatic N) is 2.